The fourth-order valence-corrected chi connectivity index (χ4v) is 2.30. The van der Waals surface area contributed by atoms with Gasteiger partial charge in [-0.25, -0.2) is 0 Å². The van der Waals surface area contributed by atoms with E-state index < -0.39 is 0 Å². The third-order valence-electron chi connectivity index (χ3n) is 3.58. The second kappa shape index (κ2) is 8.89. The van der Waals surface area contributed by atoms with Crippen LogP contribution in [0, 0.1) is 11.8 Å². The third kappa shape index (κ3) is 7.34. The van der Waals surface area contributed by atoms with Crippen LogP contribution in [0.2, 0.25) is 0 Å². The minimum Gasteiger partial charge on any atom is -0.380 e. The summed E-state index contributed by atoms with van der Waals surface area (Å²) in [5.41, 5.74) is 0. The highest BCUT2D eigenvalue weighted by Crippen LogP contribution is 2.15. The molecule has 0 aromatic rings. The Bertz CT molecular complexity index is 207. The van der Waals surface area contributed by atoms with Gasteiger partial charge in [0.2, 0.25) is 0 Å². The minimum absolute atomic E-state index is 0.610. The number of ether oxygens (including phenoxy) is 1. The molecule has 1 aliphatic rings. The van der Waals surface area contributed by atoms with Crippen molar-refractivity contribution in [2.75, 3.05) is 39.4 Å². The van der Waals surface area contributed by atoms with Gasteiger partial charge in [-0.05, 0) is 37.8 Å². The first-order valence-electron chi connectivity index (χ1n) is 7.61. The van der Waals surface area contributed by atoms with Gasteiger partial charge in [-0.2, -0.15) is 0 Å². The Morgan fingerprint density at radius 1 is 1.22 bits per heavy atom. The normalized spacial score (nSPS) is 21.3. The van der Waals surface area contributed by atoms with Crippen molar-refractivity contribution in [1.82, 2.24) is 10.2 Å². The van der Waals surface area contributed by atoms with Gasteiger partial charge in [0, 0.05) is 25.7 Å². The molecular weight excluding hydrogens is 224 g/mol. The van der Waals surface area contributed by atoms with E-state index in [1.54, 1.807) is 0 Å². The molecule has 1 rings (SSSR count). The number of nitrogens with one attached hydrogen (secondary N) is 1. The lowest BCUT2D eigenvalue weighted by Gasteiger charge is -2.17. The summed E-state index contributed by atoms with van der Waals surface area (Å²) < 4.78 is 5.68. The van der Waals surface area contributed by atoms with Gasteiger partial charge in [0.1, 0.15) is 0 Å². The monoisotopic (exact) mass is 256 g/mol. The predicted molar refractivity (Wildman–Crippen MR) is 78.0 cm³/mol. The van der Waals surface area contributed by atoms with Crippen LogP contribution in [0.4, 0.5) is 0 Å². The smallest absolute Gasteiger partial charge is 0.0593 e. The maximum Gasteiger partial charge on any atom is 0.0593 e. The van der Waals surface area contributed by atoms with Crippen molar-refractivity contribution in [3.63, 3.8) is 0 Å². The molecule has 0 aromatic heterocycles. The molecule has 1 atom stereocenters. The minimum atomic E-state index is 0.610. The second-order valence-corrected chi connectivity index (χ2v) is 6.31. The van der Waals surface area contributed by atoms with Gasteiger partial charge >= 0.3 is 0 Å². The zero-order chi connectivity index (χ0) is 13.4. The van der Waals surface area contributed by atoms with E-state index in [-0.39, 0.29) is 0 Å². The van der Waals surface area contributed by atoms with Gasteiger partial charge < -0.3 is 15.0 Å². The van der Waals surface area contributed by atoms with Gasteiger partial charge in [0.05, 0.1) is 6.61 Å². The van der Waals surface area contributed by atoms with E-state index in [9.17, 15) is 0 Å². The van der Waals surface area contributed by atoms with Gasteiger partial charge in [-0.15, -0.1) is 0 Å². The highest BCUT2D eigenvalue weighted by atomic mass is 16.5. The number of nitrogens with zero attached hydrogens (tertiary/aromatic N) is 1. The molecule has 1 N–H and O–H groups in total. The molecule has 1 unspecified atom stereocenters. The van der Waals surface area contributed by atoms with E-state index in [0.29, 0.717) is 6.04 Å². The average molecular weight is 256 g/mol. The summed E-state index contributed by atoms with van der Waals surface area (Å²) in [6, 6.07) is 0.610. The fourth-order valence-electron chi connectivity index (χ4n) is 2.30. The van der Waals surface area contributed by atoms with E-state index in [4.69, 9.17) is 4.74 Å². The van der Waals surface area contributed by atoms with E-state index in [1.165, 1.54) is 32.5 Å². The van der Waals surface area contributed by atoms with Crippen LogP contribution in [0.5, 0.6) is 0 Å². The summed E-state index contributed by atoms with van der Waals surface area (Å²) in [4.78, 5) is 2.54. The lowest BCUT2D eigenvalue weighted by atomic mass is 10.1. The Hall–Kier alpha value is -0.120. The second-order valence-electron chi connectivity index (χ2n) is 6.31. The molecule has 1 fully saturated rings. The van der Waals surface area contributed by atoms with E-state index in [0.717, 1.165) is 31.6 Å². The first-order chi connectivity index (χ1) is 8.58. The fraction of sp³-hybridized carbons (Fsp3) is 1.00. The van der Waals surface area contributed by atoms with Crippen LogP contribution in [0.3, 0.4) is 0 Å². The van der Waals surface area contributed by atoms with Crippen molar-refractivity contribution in [2.24, 2.45) is 11.8 Å². The van der Waals surface area contributed by atoms with Crippen molar-refractivity contribution in [3.8, 4) is 0 Å². The Labute approximate surface area is 113 Å². The van der Waals surface area contributed by atoms with Crippen molar-refractivity contribution >= 4 is 0 Å². The first-order valence-corrected chi connectivity index (χ1v) is 7.61. The third-order valence-corrected chi connectivity index (χ3v) is 3.58. The van der Waals surface area contributed by atoms with Gasteiger partial charge in [-0.3, -0.25) is 0 Å². The standard InChI is InChI=1S/C15H32N2O/c1-13(2)6-9-18-10-8-17-7-5-15(12-17)11-16-14(3)4/h13-16H,5-12H2,1-4H3. The summed E-state index contributed by atoms with van der Waals surface area (Å²) in [7, 11) is 0. The van der Waals surface area contributed by atoms with E-state index in [2.05, 4.69) is 37.9 Å². The molecular formula is C15H32N2O. The molecule has 0 aromatic carbocycles. The number of hydrogen-bond acceptors (Lipinski definition) is 3. The Kier molecular flexibility index (Phi) is 7.87. The average Bonchev–Trinajstić information content (AvgIpc) is 2.73. The summed E-state index contributed by atoms with van der Waals surface area (Å²) in [6.07, 6.45) is 2.52. The van der Waals surface area contributed by atoms with Crippen molar-refractivity contribution in [2.45, 2.75) is 46.6 Å². The quantitative estimate of drug-likeness (QED) is 0.641. The SMILES string of the molecule is CC(C)CCOCCN1CCC(CNC(C)C)C1. The topological polar surface area (TPSA) is 24.5 Å². The summed E-state index contributed by atoms with van der Waals surface area (Å²) in [6.45, 7) is 15.5. The molecule has 1 aliphatic heterocycles. The number of likely N-dealkylation sites (tertiary alicyclic amines) is 1. The molecule has 0 spiro atoms. The molecule has 1 heterocycles. The summed E-state index contributed by atoms with van der Waals surface area (Å²) in [5, 5.41) is 3.54. The zero-order valence-corrected chi connectivity index (χ0v) is 12.7. The number of hydrogen-bond donors (Lipinski definition) is 1. The molecule has 3 heteroatoms. The maximum absolute atomic E-state index is 5.68. The molecule has 1 saturated heterocycles. The predicted octanol–water partition coefficient (Wildman–Crippen LogP) is 2.37. The van der Waals surface area contributed by atoms with Gasteiger partial charge in [0.15, 0.2) is 0 Å². The highest BCUT2D eigenvalue weighted by Gasteiger charge is 2.21. The number of rotatable bonds is 9. The Morgan fingerprint density at radius 3 is 2.67 bits per heavy atom. The molecule has 18 heavy (non-hydrogen) atoms. The molecule has 0 aliphatic carbocycles. The van der Waals surface area contributed by atoms with Crippen LogP contribution < -0.4 is 5.32 Å². The van der Waals surface area contributed by atoms with E-state index >= 15 is 0 Å². The van der Waals surface area contributed by atoms with Crippen LogP contribution >= 0.6 is 0 Å². The van der Waals surface area contributed by atoms with Crippen molar-refractivity contribution in [1.29, 1.82) is 0 Å². The van der Waals surface area contributed by atoms with Crippen LogP contribution in [-0.2, 0) is 4.74 Å². The molecule has 3 nitrogen and oxygen atoms in total. The molecule has 0 radical (unpaired) electrons. The van der Waals surface area contributed by atoms with Gasteiger partial charge in [-0.1, -0.05) is 27.7 Å². The van der Waals surface area contributed by atoms with Crippen molar-refractivity contribution in [3.05, 3.63) is 0 Å². The first kappa shape index (κ1) is 15.9. The lowest BCUT2D eigenvalue weighted by Crippen LogP contribution is -2.31. The largest absolute Gasteiger partial charge is 0.380 e. The molecule has 0 amide bonds. The summed E-state index contributed by atoms with van der Waals surface area (Å²) >= 11 is 0. The Balaban J connectivity index is 1.97. The molecule has 108 valence electrons. The highest BCUT2D eigenvalue weighted by molar-refractivity contribution is 4.77. The van der Waals surface area contributed by atoms with Crippen LogP contribution in [0.25, 0.3) is 0 Å². The zero-order valence-electron chi connectivity index (χ0n) is 12.7. The molecule has 0 bridgehead atoms. The maximum atomic E-state index is 5.68. The molecule has 0 saturated carbocycles. The van der Waals surface area contributed by atoms with E-state index in [1.807, 2.05) is 0 Å². The lowest BCUT2D eigenvalue weighted by molar-refractivity contribution is 0.102. The Morgan fingerprint density at radius 2 is 2.00 bits per heavy atom. The van der Waals surface area contributed by atoms with Crippen LogP contribution in [0.1, 0.15) is 40.5 Å². The summed E-state index contributed by atoms with van der Waals surface area (Å²) in [5.74, 6) is 1.59. The van der Waals surface area contributed by atoms with Crippen LogP contribution in [-0.4, -0.2) is 50.3 Å². The van der Waals surface area contributed by atoms with Crippen molar-refractivity contribution < 1.29 is 4.74 Å². The van der Waals surface area contributed by atoms with Crippen LogP contribution in [0.15, 0.2) is 0 Å². The van der Waals surface area contributed by atoms with Gasteiger partial charge in [0.25, 0.3) is 0 Å².